The molecule has 4 nitrogen and oxygen atoms in total. The lowest BCUT2D eigenvalue weighted by molar-refractivity contribution is 0.750. The first-order chi connectivity index (χ1) is 9.15. The summed E-state index contributed by atoms with van der Waals surface area (Å²) in [7, 11) is 0. The van der Waals surface area contributed by atoms with Gasteiger partial charge in [0.2, 0.25) is 0 Å². The van der Waals surface area contributed by atoms with Gasteiger partial charge in [-0.15, -0.1) is 0 Å². The van der Waals surface area contributed by atoms with Gasteiger partial charge in [0.05, 0.1) is 0 Å². The molecule has 0 atom stereocenters. The van der Waals surface area contributed by atoms with E-state index in [-0.39, 0.29) is 0 Å². The average Bonchev–Trinajstić information content (AvgIpc) is 2.41. The molecule has 0 radical (unpaired) electrons. The molecule has 0 aliphatic carbocycles. The topological polar surface area (TPSA) is 41.1 Å². The van der Waals surface area contributed by atoms with Crippen molar-refractivity contribution in [2.75, 3.05) is 29.9 Å². The van der Waals surface area contributed by atoms with Crippen LogP contribution in [0.15, 0.2) is 6.33 Å². The van der Waals surface area contributed by atoms with E-state index in [1.807, 2.05) is 0 Å². The van der Waals surface area contributed by atoms with E-state index in [1.54, 1.807) is 6.33 Å². The maximum Gasteiger partial charge on any atom is 0.137 e. The molecule has 0 unspecified atom stereocenters. The minimum absolute atomic E-state index is 0.418. The van der Waals surface area contributed by atoms with Gasteiger partial charge in [-0.05, 0) is 25.7 Å². The summed E-state index contributed by atoms with van der Waals surface area (Å²) in [6.45, 7) is 13.9. The zero-order chi connectivity index (χ0) is 14.3. The first-order valence-corrected chi connectivity index (χ1v) is 7.49. The Labute approximate surface area is 117 Å². The molecular weight excluding hydrogens is 236 g/mol. The second-order valence-corrected chi connectivity index (χ2v) is 5.12. The zero-order valence-electron chi connectivity index (χ0n) is 13.0. The van der Waals surface area contributed by atoms with Gasteiger partial charge in [-0.25, -0.2) is 9.97 Å². The minimum Gasteiger partial charge on any atom is -0.370 e. The van der Waals surface area contributed by atoms with E-state index < -0.39 is 0 Å². The van der Waals surface area contributed by atoms with Crippen LogP contribution in [0.4, 0.5) is 11.6 Å². The van der Waals surface area contributed by atoms with Gasteiger partial charge in [0, 0.05) is 25.2 Å². The van der Waals surface area contributed by atoms with Crippen molar-refractivity contribution in [1.82, 2.24) is 9.97 Å². The van der Waals surface area contributed by atoms with Crippen molar-refractivity contribution in [3.05, 3.63) is 11.9 Å². The number of aromatic nitrogens is 2. The van der Waals surface area contributed by atoms with Crippen LogP contribution in [-0.2, 0) is 0 Å². The third-order valence-corrected chi connectivity index (χ3v) is 3.16. The molecule has 0 spiro atoms. The summed E-state index contributed by atoms with van der Waals surface area (Å²) >= 11 is 0. The summed E-state index contributed by atoms with van der Waals surface area (Å²) in [5.74, 6) is 2.51. The van der Waals surface area contributed by atoms with E-state index in [2.05, 4.69) is 54.8 Å². The van der Waals surface area contributed by atoms with Crippen LogP contribution in [0.5, 0.6) is 0 Å². The number of hydrogen-bond donors (Lipinski definition) is 1. The summed E-state index contributed by atoms with van der Waals surface area (Å²) in [5.41, 5.74) is 1.24. The number of rotatable bonds is 8. The third-order valence-electron chi connectivity index (χ3n) is 3.16. The normalized spacial score (nSPS) is 10.8. The number of nitrogens with zero attached hydrogens (tertiary/aromatic N) is 3. The van der Waals surface area contributed by atoms with Crippen LogP contribution < -0.4 is 10.2 Å². The number of anilines is 2. The van der Waals surface area contributed by atoms with Crippen molar-refractivity contribution in [3.8, 4) is 0 Å². The monoisotopic (exact) mass is 264 g/mol. The Hall–Kier alpha value is -1.32. The van der Waals surface area contributed by atoms with Crippen molar-refractivity contribution in [1.29, 1.82) is 0 Å². The van der Waals surface area contributed by atoms with Crippen LogP contribution in [0.25, 0.3) is 0 Å². The Balaban J connectivity index is 3.14. The summed E-state index contributed by atoms with van der Waals surface area (Å²) in [4.78, 5) is 11.3. The molecule has 1 heterocycles. The molecule has 19 heavy (non-hydrogen) atoms. The molecule has 4 heteroatoms. The predicted octanol–water partition coefficient (Wildman–Crippen LogP) is 3.66. The molecule has 0 amide bonds. The highest BCUT2D eigenvalue weighted by molar-refractivity contribution is 5.60. The smallest absolute Gasteiger partial charge is 0.137 e. The Kier molecular flexibility index (Phi) is 6.60. The Morgan fingerprint density at radius 3 is 2.42 bits per heavy atom. The second kappa shape index (κ2) is 7.97. The van der Waals surface area contributed by atoms with Crippen molar-refractivity contribution in [3.63, 3.8) is 0 Å². The van der Waals surface area contributed by atoms with Crippen LogP contribution in [0.2, 0.25) is 0 Å². The maximum absolute atomic E-state index is 4.53. The number of nitrogens with one attached hydrogen (secondary N) is 1. The standard InChI is InChI=1S/C15H28N4/c1-6-9-16-14-13(12(4)5)15(18-11-17-14)19(8-3)10-7-2/h11-12H,6-10H2,1-5H3,(H,16,17,18). The van der Waals surface area contributed by atoms with Crippen molar-refractivity contribution >= 4 is 11.6 Å². The molecule has 0 bridgehead atoms. The highest BCUT2D eigenvalue weighted by atomic mass is 15.2. The maximum atomic E-state index is 4.53. The number of hydrogen-bond acceptors (Lipinski definition) is 4. The van der Waals surface area contributed by atoms with Gasteiger partial charge in [0.25, 0.3) is 0 Å². The van der Waals surface area contributed by atoms with E-state index >= 15 is 0 Å². The largest absolute Gasteiger partial charge is 0.370 e. The Bertz CT molecular complexity index is 376. The zero-order valence-corrected chi connectivity index (χ0v) is 13.0. The van der Waals surface area contributed by atoms with E-state index in [9.17, 15) is 0 Å². The average molecular weight is 264 g/mol. The molecule has 1 N–H and O–H groups in total. The summed E-state index contributed by atoms with van der Waals surface area (Å²) < 4.78 is 0. The summed E-state index contributed by atoms with van der Waals surface area (Å²) in [6.07, 6.45) is 3.91. The van der Waals surface area contributed by atoms with Crippen molar-refractivity contribution < 1.29 is 0 Å². The fourth-order valence-corrected chi connectivity index (χ4v) is 2.24. The molecule has 0 fully saturated rings. The predicted molar refractivity (Wildman–Crippen MR) is 83.1 cm³/mol. The molecule has 108 valence electrons. The Morgan fingerprint density at radius 2 is 1.89 bits per heavy atom. The lowest BCUT2D eigenvalue weighted by Crippen LogP contribution is -2.26. The molecule has 0 saturated carbocycles. The van der Waals surface area contributed by atoms with Crippen LogP contribution in [0, 0.1) is 0 Å². The molecule has 1 aromatic heterocycles. The van der Waals surface area contributed by atoms with Gasteiger partial charge in [0.1, 0.15) is 18.0 Å². The third kappa shape index (κ3) is 4.08. The van der Waals surface area contributed by atoms with Gasteiger partial charge in [-0.2, -0.15) is 0 Å². The van der Waals surface area contributed by atoms with Gasteiger partial charge in [0.15, 0.2) is 0 Å². The Morgan fingerprint density at radius 1 is 1.16 bits per heavy atom. The fraction of sp³-hybridized carbons (Fsp3) is 0.733. The van der Waals surface area contributed by atoms with Gasteiger partial charge in [-0.1, -0.05) is 27.7 Å². The molecule has 1 rings (SSSR count). The first kappa shape index (κ1) is 15.7. The van der Waals surface area contributed by atoms with Gasteiger partial charge >= 0.3 is 0 Å². The fourth-order valence-electron chi connectivity index (χ4n) is 2.24. The second-order valence-electron chi connectivity index (χ2n) is 5.12. The van der Waals surface area contributed by atoms with Crippen LogP contribution in [0.3, 0.4) is 0 Å². The van der Waals surface area contributed by atoms with Crippen molar-refractivity contribution in [2.45, 2.75) is 53.4 Å². The molecule has 0 aliphatic heterocycles. The van der Waals surface area contributed by atoms with E-state index in [1.165, 1.54) is 5.56 Å². The highest BCUT2D eigenvalue weighted by Crippen LogP contribution is 2.30. The van der Waals surface area contributed by atoms with Crippen LogP contribution in [0.1, 0.15) is 58.9 Å². The lowest BCUT2D eigenvalue weighted by atomic mass is 10.0. The molecular formula is C15H28N4. The molecule has 0 aliphatic rings. The van der Waals surface area contributed by atoms with E-state index in [0.717, 1.165) is 44.1 Å². The van der Waals surface area contributed by atoms with E-state index in [0.29, 0.717) is 5.92 Å². The minimum atomic E-state index is 0.418. The van der Waals surface area contributed by atoms with Crippen LogP contribution in [-0.4, -0.2) is 29.6 Å². The van der Waals surface area contributed by atoms with Crippen molar-refractivity contribution in [2.24, 2.45) is 0 Å². The van der Waals surface area contributed by atoms with Gasteiger partial charge < -0.3 is 10.2 Å². The summed E-state index contributed by atoms with van der Waals surface area (Å²) in [6, 6.07) is 0. The van der Waals surface area contributed by atoms with Crippen LogP contribution >= 0.6 is 0 Å². The quantitative estimate of drug-likeness (QED) is 0.778. The molecule has 1 aromatic rings. The molecule has 0 aromatic carbocycles. The SMILES string of the molecule is CCCNc1ncnc(N(CC)CCC)c1C(C)C. The lowest BCUT2D eigenvalue weighted by Gasteiger charge is -2.26. The highest BCUT2D eigenvalue weighted by Gasteiger charge is 2.18. The summed E-state index contributed by atoms with van der Waals surface area (Å²) in [5, 5.41) is 3.43. The van der Waals surface area contributed by atoms with Gasteiger partial charge in [-0.3, -0.25) is 0 Å². The first-order valence-electron chi connectivity index (χ1n) is 7.49. The van der Waals surface area contributed by atoms with E-state index in [4.69, 9.17) is 0 Å². The molecule has 0 saturated heterocycles.